The maximum absolute atomic E-state index is 11.4. The lowest BCUT2D eigenvalue weighted by Crippen LogP contribution is -2.29. The zero-order valence-electron chi connectivity index (χ0n) is 13.9. The number of anilines is 1. The molecule has 134 valence electrons. The fourth-order valence-electron chi connectivity index (χ4n) is 3.99. The van der Waals surface area contributed by atoms with E-state index in [9.17, 15) is 10.1 Å². The highest BCUT2D eigenvalue weighted by Crippen LogP contribution is 2.52. The number of benzene rings is 2. The zero-order valence-corrected chi connectivity index (χ0v) is 15.4. The van der Waals surface area contributed by atoms with Crippen molar-refractivity contribution in [3.8, 4) is 5.75 Å². The molecule has 7 heteroatoms. The molecule has 0 bridgehead atoms. The van der Waals surface area contributed by atoms with Crippen LogP contribution in [0.25, 0.3) is 0 Å². The fraction of sp³-hybridized carbons (Fsp3) is 0.263. The number of allylic oxidation sites excluding steroid dienone is 2. The second-order valence-electron chi connectivity index (χ2n) is 6.52. The van der Waals surface area contributed by atoms with E-state index in [1.165, 1.54) is 7.11 Å². The van der Waals surface area contributed by atoms with Gasteiger partial charge in [-0.1, -0.05) is 41.4 Å². The highest BCUT2D eigenvalue weighted by Gasteiger charge is 2.39. The number of methoxy groups -OCH3 is 1. The van der Waals surface area contributed by atoms with Crippen molar-refractivity contribution in [2.24, 2.45) is 5.92 Å². The Balaban J connectivity index is 1.81. The summed E-state index contributed by atoms with van der Waals surface area (Å²) in [6.45, 7) is 0. The molecule has 0 spiro atoms. The summed E-state index contributed by atoms with van der Waals surface area (Å²) < 4.78 is 5.11. The molecule has 0 saturated carbocycles. The Kier molecular flexibility index (Phi) is 4.29. The molecule has 2 aliphatic rings. The van der Waals surface area contributed by atoms with Gasteiger partial charge in [0.05, 0.1) is 28.8 Å². The van der Waals surface area contributed by atoms with Crippen molar-refractivity contribution < 1.29 is 9.66 Å². The highest BCUT2D eigenvalue weighted by atomic mass is 35.5. The molecule has 4 rings (SSSR count). The molecule has 0 unspecified atom stereocenters. The third-order valence-corrected chi connectivity index (χ3v) is 5.66. The molecule has 0 fully saturated rings. The first kappa shape index (κ1) is 17.2. The Bertz CT molecular complexity index is 929. The predicted octanol–water partition coefficient (Wildman–Crippen LogP) is 5.74. The van der Waals surface area contributed by atoms with Crippen molar-refractivity contribution in [2.75, 3.05) is 12.4 Å². The molecular weight excluding hydrogens is 375 g/mol. The minimum Gasteiger partial charge on any atom is -0.490 e. The number of nitro benzene ring substituents is 1. The second-order valence-corrected chi connectivity index (χ2v) is 7.36. The van der Waals surface area contributed by atoms with Gasteiger partial charge in [-0.25, -0.2) is 0 Å². The summed E-state index contributed by atoms with van der Waals surface area (Å²) in [6, 6.07) is 8.66. The number of fused-ring (bicyclic) bond motifs is 3. The molecule has 1 N–H and O–H groups in total. The molecule has 0 aromatic heterocycles. The largest absolute Gasteiger partial charge is 0.490 e. The van der Waals surface area contributed by atoms with Gasteiger partial charge in [0.1, 0.15) is 0 Å². The van der Waals surface area contributed by atoms with Crippen molar-refractivity contribution in [1.29, 1.82) is 0 Å². The molecule has 5 nitrogen and oxygen atoms in total. The minimum atomic E-state index is -0.420. The van der Waals surface area contributed by atoms with Gasteiger partial charge in [-0.15, -0.1) is 0 Å². The van der Waals surface area contributed by atoms with Crippen molar-refractivity contribution in [2.45, 2.75) is 18.4 Å². The van der Waals surface area contributed by atoms with Crippen LogP contribution in [-0.4, -0.2) is 12.0 Å². The number of ether oxygens (including phenoxy) is 1. The van der Waals surface area contributed by atoms with Crippen LogP contribution in [0.5, 0.6) is 5.75 Å². The molecule has 1 aliphatic heterocycles. The number of hydrogen-bond donors (Lipinski definition) is 1. The Labute approximate surface area is 160 Å². The van der Waals surface area contributed by atoms with Crippen LogP contribution in [0.4, 0.5) is 11.4 Å². The average Bonchev–Trinajstić information content (AvgIpc) is 3.10. The summed E-state index contributed by atoms with van der Waals surface area (Å²) in [6.07, 6.45) is 5.19. The first-order valence-electron chi connectivity index (χ1n) is 8.24. The quantitative estimate of drug-likeness (QED) is 0.412. The fourth-order valence-corrected chi connectivity index (χ4v) is 4.56. The monoisotopic (exact) mass is 390 g/mol. The van der Waals surface area contributed by atoms with Crippen LogP contribution in [0, 0.1) is 16.0 Å². The van der Waals surface area contributed by atoms with E-state index in [0.717, 1.165) is 23.2 Å². The number of nitrogens with one attached hydrogen (secondary N) is 1. The van der Waals surface area contributed by atoms with Crippen molar-refractivity contribution in [1.82, 2.24) is 0 Å². The summed E-state index contributed by atoms with van der Waals surface area (Å²) in [5.74, 6) is 0.666. The van der Waals surface area contributed by atoms with Crippen LogP contribution < -0.4 is 10.1 Å². The van der Waals surface area contributed by atoms with Crippen LogP contribution in [0.3, 0.4) is 0 Å². The maximum Gasteiger partial charge on any atom is 0.311 e. The van der Waals surface area contributed by atoms with E-state index >= 15 is 0 Å². The summed E-state index contributed by atoms with van der Waals surface area (Å²) >= 11 is 12.6. The van der Waals surface area contributed by atoms with E-state index in [-0.39, 0.29) is 29.3 Å². The Hall–Kier alpha value is -2.24. The molecule has 1 aliphatic carbocycles. The molecule has 0 amide bonds. The van der Waals surface area contributed by atoms with Crippen LogP contribution in [0.1, 0.15) is 29.5 Å². The van der Waals surface area contributed by atoms with E-state index in [2.05, 4.69) is 17.5 Å². The topological polar surface area (TPSA) is 64.4 Å². The lowest BCUT2D eigenvalue weighted by molar-refractivity contribution is -0.385. The van der Waals surface area contributed by atoms with Crippen molar-refractivity contribution in [3.63, 3.8) is 0 Å². The highest BCUT2D eigenvalue weighted by molar-refractivity contribution is 6.36. The van der Waals surface area contributed by atoms with Crippen LogP contribution in [0.2, 0.25) is 10.0 Å². The SMILES string of the molecule is COc1ccc([C@@H]2Nc3c(Cl)cc(Cl)cc3[C@H]3C=CC[C@@H]32)cc1[N+](=O)[O-]. The maximum atomic E-state index is 11.4. The average molecular weight is 391 g/mol. The van der Waals surface area contributed by atoms with Gasteiger partial charge in [0.25, 0.3) is 0 Å². The molecule has 2 aromatic carbocycles. The molecule has 3 atom stereocenters. The van der Waals surface area contributed by atoms with E-state index in [4.69, 9.17) is 27.9 Å². The van der Waals surface area contributed by atoms with E-state index in [1.54, 1.807) is 18.2 Å². The third kappa shape index (κ3) is 2.72. The van der Waals surface area contributed by atoms with Gasteiger partial charge in [-0.2, -0.15) is 0 Å². The summed E-state index contributed by atoms with van der Waals surface area (Å²) in [5, 5.41) is 16.0. The molecule has 2 aromatic rings. The van der Waals surface area contributed by atoms with E-state index in [0.29, 0.717) is 10.0 Å². The first-order chi connectivity index (χ1) is 12.5. The predicted molar refractivity (Wildman–Crippen MR) is 102 cm³/mol. The summed E-state index contributed by atoms with van der Waals surface area (Å²) in [5.41, 5.74) is 2.71. The Morgan fingerprint density at radius 2 is 2.08 bits per heavy atom. The summed E-state index contributed by atoms with van der Waals surface area (Å²) in [7, 11) is 1.43. The lowest BCUT2D eigenvalue weighted by Gasteiger charge is -2.38. The summed E-state index contributed by atoms with van der Waals surface area (Å²) in [4.78, 5) is 11.0. The van der Waals surface area contributed by atoms with E-state index in [1.807, 2.05) is 12.1 Å². The van der Waals surface area contributed by atoms with Crippen LogP contribution in [0.15, 0.2) is 42.5 Å². The van der Waals surface area contributed by atoms with Gasteiger partial charge in [0.15, 0.2) is 5.75 Å². The normalized spacial score (nSPS) is 23.1. The van der Waals surface area contributed by atoms with Gasteiger partial charge < -0.3 is 10.1 Å². The third-order valence-electron chi connectivity index (χ3n) is 5.14. The number of nitro groups is 1. The van der Waals surface area contributed by atoms with Gasteiger partial charge >= 0.3 is 5.69 Å². The molecule has 1 heterocycles. The van der Waals surface area contributed by atoms with Crippen molar-refractivity contribution in [3.05, 3.63) is 73.8 Å². The van der Waals surface area contributed by atoms with Crippen molar-refractivity contribution >= 4 is 34.6 Å². The van der Waals surface area contributed by atoms with Gasteiger partial charge in [-0.3, -0.25) is 10.1 Å². The molecule has 0 saturated heterocycles. The van der Waals surface area contributed by atoms with Crippen LogP contribution >= 0.6 is 23.2 Å². The lowest BCUT2D eigenvalue weighted by atomic mass is 9.77. The van der Waals surface area contributed by atoms with Crippen LogP contribution in [-0.2, 0) is 0 Å². The number of hydrogen-bond acceptors (Lipinski definition) is 4. The minimum absolute atomic E-state index is 0.0395. The number of halogens is 2. The van der Waals surface area contributed by atoms with Gasteiger partial charge in [0, 0.05) is 17.0 Å². The molecular formula is C19H16Cl2N2O3. The van der Waals surface area contributed by atoms with Gasteiger partial charge in [0.2, 0.25) is 0 Å². The zero-order chi connectivity index (χ0) is 18.4. The number of nitrogens with zero attached hydrogens (tertiary/aromatic N) is 1. The standard InChI is InChI=1S/C19H16Cl2N2O3/c1-26-17-6-5-10(7-16(17)23(24)25)18-13-4-2-3-12(13)14-8-11(20)9-15(21)19(14)22-18/h2-3,5-9,12-13,18,22H,4H2,1H3/t12-,13-,18-/m0/s1. The smallest absolute Gasteiger partial charge is 0.311 e. The molecule has 0 radical (unpaired) electrons. The Morgan fingerprint density at radius 3 is 2.81 bits per heavy atom. The number of rotatable bonds is 3. The van der Waals surface area contributed by atoms with E-state index < -0.39 is 4.92 Å². The second kappa shape index (κ2) is 6.49. The molecule has 26 heavy (non-hydrogen) atoms. The first-order valence-corrected chi connectivity index (χ1v) is 8.99. The van der Waals surface area contributed by atoms with Gasteiger partial charge in [-0.05, 0) is 41.7 Å². The Morgan fingerprint density at radius 1 is 1.27 bits per heavy atom.